The first-order valence-electron chi connectivity index (χ1n) is 11.0. The first-order valence-corrected chi connectivity index (χ1v) is 12.5. The van der Waals surface area contributed by atoms with E-state index < -0.39 is 6.10 Å². The molecule has 1 fully saturated rings. The number of halogens is 3. The van der Waals surface area contributed by atoms with Gasteiger partial charge < -0.3 is 10.4 Å². The summed E-state index contributed by atoms with van der Waals surface area (Å²) in [6, 6.07) is 12.9. The van der Waals surface area contributed by atoms with Gasteiger partial charge in [-0.2, -0.15) is 5.10 Å². The predicted molar refractivity (Wildman–Crippen MR) is 133 cm³/mol. The van der Waals surface area contributed by atoms with Gasteiger partial charge in [-0.25, -0.2) is 0 Å². The molecule has 0 aromatic heterocycles. The van der Waals surface area contributed by atoms with Crippen molar-refractivity contribution >= 4 is 56.4 Å². The number of aliphatic hydroxyl groups excluding tert-OH is 1. The summed E-state index contributed by atoms with van der Waals surface area (Å²) in [4.78, 5) is 13.3. The van der Waals surface area contributed by atoms with E-state index in [4.69, 9.17) is 28.3 Å². The molecule has 170 valence electrons. The van der Waals surface area contributed by atoms with Crippen molar-refractivity contribution in [3.63, 3.8) is 0 Å². The minimum absolute atomic E-state index is 0.136. The summed E-state index contributed by atoms with van der Waals surface area (Å²) >= 11 is 16.2. The fourth-order valence-electron chi connectivity index (χ4n) is 4.63. The number of hydrogen-bond acceptors (Lipinski definition) is 4. The molecule has 2 aromatic carbocycles. The van der Waals surface area contributed by atoms with E-state index >= 15 is 0 Å². The molecule has 0 spiro atoms. The van der Waals surface area contributed by atoms with Crippen molar-refractivity contribution in [2.75, 3.05) is 5.01 Å². The number of hydrazone groups is 1. The summed E-state index contributed by atoms with van der Waals surface area (Å²) in [5, 5.41) is 21.0. The van der Waals surface area contributed by atoms with Crippen molar-refractivity contribution in [1.29, 1.82) is 0 Å². The summed E-state index contributed by atoms with van der Waals surface area (Å²) < 4.78 is 0.980. The van der Waals surface area contributed by atoms with E-state index in [1.807, 2.05) is 35.3 Å². The second kappa shape index (κ2) is 10.1. The Morgan fingerprint density at radius 2 is 1.91 bits per heavy atom. The van der Waals surface area contributed by atoms with Crippen LogP contribution in [0.1, 0.15) is 50.6 Å². The zero-order valence-electron chi connectivity index (χ0n) is 17.8. The number of aliphatic hydroxyl groups is 1. The van der Waals surface area contributed by atoms with Crippen LogP contribution >= 0.6 is 39.1 Å². The smallest absolute Gasteiger partial charge is 0.268 e. The summed E-state index contributed by atoms with van der Waals surface area (Å²) in [7, 11) is 0. The van der Waals surface area contributed by atoms with Crippen molar-refractivity contribution in [3.05, 3.63) is 62.5 Å². The average molecular weight is 539 g/mol. The predicted octanol–water partition coefficient (Wildman–Crippen LogP) is 6.12. The maximum absolute atomic E-state index is 13.3. The molecule has 0 radical (unpaired) electrons. The number of hydrogen-bond donors (Lipinski definition) is 2. The van der Waals surface area contributed by atoms with Gasteiger partial charge in [-0.3, -0.25) is 9.80 Å². The lowest BCUT2D eigenvalue weighted by atomic mass is 9.86. The van der Waals surface area contributed by atoms with E-state index in [1.165, 1.54) is 0 Å². The van der Waals surface area contributed by atoms with E-state index in [1.54, 1.807) is 12.1 Å². The van der Waals surface area contributed by atoms with Gasteiger partial charge in [-0.05, 0) is 55.2 Å². The molecule has 2 aliphatic rings. The van der Waals surface area contributed by atoms with Gasteiger partial charge in [-0.1, -0.05) is 71.0 Å². The van der Waals surface area contributed by atoms with Gasteiger partial charge in [-0.15, -0.1) is 0 Å². The Bertz CT molecular complexity index is 1010. The maximum atomic E-state index is 13.3. The quantitative estimate of drug-likeness (QED) is 0.482. The molecule has 1 amide bonds. The molecule has 32 heavy (non-hydrogen) atoms. The Morgan fingerprint density at radius 3 is 2.56 bits per heavy atom. The Balaban J connectivity index is 1.72. The number of anilines is 1. The molecule has 1 aliphatic carbocycles. The van der Waals surface area contributed by atoms with Crippen molar-refractivity contribution in [3.8, 4) is 0 Å². The Labute approximate surface area is 206 Å². The van der Waals surface area contributed by atoms with E-state index in [9.17, 15) is 9.90 Å². The number of nitrogens with one attached hydrogen (secondary N) is 1. The summed E-state index contributed by atoms with van der Waals surface area (Å²) in [5.41, 5.74) is 2.20. The molecule has 0 unspecified atom stereocenters. The Morgan fingerprint density at radius 1 is 1.19 bits per heavy atom. The van der Waals surface area contributed by atoms with Crippen LogP contribution in [0.3, 0.4) is 0 Å². The van der Waals surface area contributed by atoms with Crippen LogP contribution in [0.4, 0.5) is 5.69 Å². The van der Waals surface area contributed by atoms with E-state index in [0.29, 0.717) is 27.9 Å². The summed E-state index contributed by atoms with van der Waals surface area (Å²) in [5.74, 6) is -0.360. The highest BCUT2D eigenvalue weighted by Gasteiger charge is 2.42. The third kappa shape index (κ3) is 4.84. The van der Waals surface area contributed by atoms with Gasteiger partial charge >= 0.3 is 0 Å². The molecule has 4 rings (SSSR count). The van der Waals surface area contributed by atoms with Gasteiger partial charge in [0, 0.05) is 15.4 Å². The van der Waals surface area contributed by atoms with Crippen LogP contribution in [0.25, 0.3) is 0 Å². The lowest BCUT2D eigenvalue weighted by Gasteiger charge is -2.30. The van der Waals surface area contributed by atoms with E-state index in [0.717, 1.165) is 35.7 Å². The molecular weight excluding hydrogens is 513 g/mol. The highest BCUT2D eigenvalue weighted by Crippen LogP contribution is 2.44. The lowest BCUT2D eigenvalue weighted by molar-refractivity contribution is -0.116. The molecule has 2 N–H and O–H groups in total. The fraction of sp³-hybridized carbons (Fsp3) is 0.417. The van der Waals surface area contributed by atoms with Crippen LogP contribution in [-0.4, -0.2) is 28.9 Å². The number of benzene rings is 2. The topological polar surface area (TPSA) is 64.9 Å². The lowest BCUT2D eigenvalue weighted by Crippen LogP contribution is -2.48. The Kier molecular flexibility index (Phi) is 7.45. The minimum atomic E-state index is -0.515. The molecule has 1 heterocycles. The largest absolute Gasteiger partial charge is 0.391 e. The van der Waals surface area contributed by atoms with Gasteiger partial charge in [0.2, 0.25) is 0 Å². The molecule has 1 saturated carbocycles. The molecule has 4 atom stereocenters. The highest BCUT2D eigenvalue weighted by molar-refractivity contribution is 9.10. The molecule has 0 bridgehead atoms. The zero-order valence-corrected chi connectivity index (χ0v) is 20.9. The zero-order chi connectivity index (χ0) is 22.8. The number of rotatable bonds is 5. The van der Waals surface area contributed by atoms with Gasteiger partial charge in [0.05, 0.1) is 28.9 Å². The summed E-state index contributed by atoms with van der Waals surface area (Å²) in [6.45, 7) is 2.06. The van der Waals surface area contributed by atoms with Crippen LogP contribution in [-0.2, 0) is 4.79 Å². The molecule has 8 heteroatoms. The van der Waals surface area contributed by atoms with Crippen molar-refractivity contribution in [1.82, 2.24) is 5.32 Å². The normalized spacial score (nSPS) is 25.5. The molecule has 1 aliphatic heterocycles. The summed E-state index contributed by atoms with van der Waals surface area (Å²) in [6.07, 6.45) is 3.68. The van der Waals surface area contributed by atoms with Crippen molar-refractivity contribution in [2.24, 2.45) is 11.0 Å². The third-order valence-corrected chi connectivity index (χ3v) is 7.36. The number of carbonyl (C=O) groups is 1. The van der Waals surface area contributed by atoms with Crippen LogP contribution in [0.2, 0.25) is 10.0 Å². The second-order valence-corrected chi connectivity index (χ2v) is 10.1. The van der Waals surface area contributed by atoms with Gasteiger partial charge in [0.1, 0.15) is 5.71 Å². The Hall–Kier alpha value is -1.60. The van der Waals surface area contributed by atoms with E-state index in [2.05, 4.69) is 28.2 Å². The first-order chi connectivity index (χ1) is 15.4. The number of carbonyl (C=O) groups excluding carboxylic acids is 1. The molecule has 5 nitrogen and oxygen atoms in total. The van der Waals surface area contributed by atoms with Crippen molar-refractivity contribution < 1.29 is 9.90 Å². The van der Waals surface area contributed by atoms with Gasteiger partial charge in [0.15, 0.2) is 0 Å². The standard InChI is InChI=1S/C24H26BrCl2N3O2/c1-2-17-22(24(32)28-19-5-3-4-6-21(19)31)29-30(20-12-11-16(26)13-18(20)27)23(17)14-7-9-15(25)10-8-14/h7-13,17,19,21,23,31H,2-6H2,1H3,(H,28,32)/t17-,19-,21-,23-/m0/s1. The van der Waals surface area contributed by atoms with Crippen LogP contribution in [0, 0.1) is 5.92 Å². The average Bonchev–Trinajstić information content (AvgIpc) is 3.15. The molecular formula is C24H26BrCl2N3O2. The SMILES string of the molecule is CC[C@H]1C(C(=O)N[C@H]2CCCC[C@@H]2O)=NN(c2ccc(Cl)cc2Cl)[C@H]1c1ccc(Br)cc1. The van der Waals surface area contributed by atoms with E-state index in [-0.39, 0.29) is 23.9 Å². The van der Waals surface area contributed by atoms with Crippen LogP contribution in [0.5, 0.6) is 0 Å². The third-order valence-electron chi connectivity index (χ3n) is 6.30. The number of amides is 1. The fourth-order valence-corrected chi connectivity index (χ4v) is 5.39. The maximum Gasteiger partial charge on any atom is 0.268 e. The van der Waals surface area contributed by atoms with Crippen molar-refractivity contribution in [2.45, 2.75) is 57.2 Å². The van der Waals surface area contributed by atoms with Gasteiger partial charge in [0.25, 0.3) is 5.91 Å². The van der Waals surface area contributed by atoms with Crippen LogP contribution in [0.15, 0.2) is 52.0 Å². The minimum Gasteiger partial charge on any atom is -0.391 e. The monoisotopic (exact) mass is 537 g/mol. The molecule has 2 aromatic rings. The second-order valence-electron chi connectivity index (χ2n) is 8.37. The highest BCUT2D eigenvalue weighted by atomic mass is 79.9. The molecule has 0 saturated heterocycles. The van der Waals surface area contributed by atoms with Crippen LogP contribution < -0.4 is 10.3 Å². The first kappa shape index (κ1) is 23.6. The number of nitrogens with zero attached hydrogens (tertiary/aromatic N) is 2.